The molecule has 8 heteroatoms. The van der Waals surface area contributed by atoms with E-state index in [9.17, 15) is 4.79 Å². The zero-order valence-electron chi connectivity index (χ0n) is 13.2. The molecule has 1 amide bonds. The van der Waals surface area contributed by atoms with Crippen LogP contribution in [0.25, 0.3) is 0 Å². The zero-order chi connectivity index (χ0) is 16.4. The summed E-state index contributed by atoms with van der Waals surface area (Å²) in [5, 5.41) is 6.41. The Labute approximate surface area is 136 Å². The van der Waals surface area contributed by atoms with Crippen molar-refractivity contribution >= 4 is 28.9 Å². The van der Waals surface area contributed by atoms with Crippen LogP contribution < -0.4 is 31.1 Å². The molecule has 0 fully saturated rings. The Hall–Kier alpha value is -2.06. The number of hydrogen-bond acceptors (Lipinski definition) is 4. The van der Waals surface area contributed by atoms with E-state index < -0.39 is 0 Å². The molecule has 0 saturated heterocycles. The van der Waals surface area contributed by atoms with Crippen molar-refractivity contribution in [1.29, 1.82) is 0 Å². The van der Waals surface area contributed by atoms with Crippen LogP contribution in [0.4, 0.5) is 5.69 Å². The number of thiocarbonyl (C=S) groups is 1. The van der Waals surface area contributed by atoms with Crippen LogP contribution in [0.15, 0.2) is 24.3 Å². The van der Waals surface area contributed by atoms with Gasteiger partial charge in [-0.2, -0.15) is 0 Å². The number of quaternary nitrogens is 1. The van der Waals surface area contributed by atoms with Crippen molar-refractivity contribution in [3.8, 4) is 5.75 Å². The Morgan fingerprint density at radius 2 is 2.09 bits per heavy atom. The summed E-state index contributed by atoms with van der Waals surface area (Å²) in [7, 11) is 5.72. The second-order valence-electron chi connectivity index (χ2n) is 4.97. The maximum atomic E-state index is 11.7. The molecule has 0 aromatic heterocycles. The number of methoxy groups -OCH3 is 1. The average molecular weight is 326 g/mol. The summed E-state index contributed by atoms with van der Waals surface area (Å²) >= 11 is 5.05. The van der Waals surface area contributed by atoms with E-state index >= 15 is 0 Å². The number of carbonyl (C=O) groups excluding carboxylic acids is 1. The van der Waals surface area contributed by atoms with Crippen molar-refractivity contribution in [2.75, 3.05) is 46.2 Å². The number of anilines is 1. The first-order chi connectivity index (χ1) is 10.5. The van der Waals surface area contributed by atoms with Crippen molar-refractivity contribution in [3.05, 3.63) is 24.3 Å². The van der Waals surface area contributed by atoms with E-state index in [1.807, 2.05) is 24.3 Å². The zero-order valence-corrected chi connectivity index (χ0v) is 14.0. The molecule has 0 spiro atoms. The van der Waals surface area contributed by atoms with E-state index in [0.717, 1.165) is 24.5 Å². The van der Waals surface area contributed by atoms with Crippen LogP contribution in [0.1, 0.15) is 0 Å². The van der Waals surface area contributed by atoms with Gasteiger partial charge in [0.2, 0.25) is 0 Å². The van der Waals surface area contributed by atoms with Crippen molar-refractivity contribution in [2.24, 2.45) is 0 Å². The van der Waals surface area contributed by atoms with E-state index in [1.165, 1.54) is 4.90 Å². The number of rotatable bonds is 7. The van der Waals surface area contributed by atoms with Crippen LogP contribution in [0.3, 0.4) is 0 Å². The lowest BCUT2D eigenvalue weighted by Gasteiger charge is -2.13. The number of carbonyl (C=O) groups is 1. The smallest absolute Gasteiger partial charge is 0.257 e. The molecular formula is C14H24N5O2S+. The molecule has 0 aliphatic carbocycles. The molecule has 0 bridgehead atoms. The van der Waals surface area contributed by atoms with Crippen LogP contribution in [0.2, 0.25) is 0 Å². The Morgan fingerprint density at radius 3 is 2.77 bits per heavy atom. The fraction of sp³-hybridized carbons (Fsp3) is 0.429. The Kier molecular flexibility index (Phi) is 8.01. The number of hydrazine groups is 1. The monoisotopic (exact) mass is 326 g/mol. The predicted molar refractivity (Wildman–Crippen MR) is 91.0 cm³/mol. The van der Waals surface area contributed by atoms with Gasteiger partial charge in [-0.3, -0.25) is 15.6 Å². The minimum Gasteiger partial charge on any atom is -0.497 e. The van der Waals surface area contributed by atoms with Gasteiger partial charge in [0.15, 0.2) is 5.11 Å². The summed E-state index contributed by atoms with van der Waals surface area (Å²) in [6, 6.07) is 7.37. The van der Waals surface area contributed by atoms with Gasteiger partial charge in [-0.15, -0.1) is 0 Å². The SMILES string of the molecule is COc1cccc(NCC(=O)NNC(=S)NCC[NH+](C)C)c1. The van der Waals surface area contributed by atoms with E-state index in [4.69, 9.17) is 17.0 Å². The molecule has 0 saturated carbocycles. The van der Waals surface area contributed by atoms with Crippen molar-refractivity contribution in [1.82, 2.24) is 16.2 Å². The summed E-state index contributed by atoms with van der Waals surface area (Å²) in [5.74, 6) is 0.516. The normalized spacial score (nSPS) is 10.0. The van der Waals surface area contributed by atoms with Crippen molar-refractivity contribution < 1.29 is 14.4 Å². The molecule has 0 atom stereocenters. The quantitative estimate of drug-likeness (QED) is 0.318. The van der Waals surface area contributed by atoms with Gasteiger partial charge in [-0.1, -0.05) is 6.07 Å². The Bertz CT molecular complexity index is 496. The van der Waals surface area contributed by atoms with Gasteiger partial charge in [-0.05, 0) is 24.4 Å². The lowest BCUT2D eigenvalue weighted by atomic mass is 10.3. The summed E-state index contributed by atoms with van der Waals surface area (Å²) in [6.45, 7) is 1.81. The number of ether oxygens (including phenoxy) is 1. The molecule has 22 heavy (non-hydrogen) atoms. The van der Waals surface area contributed by atoms with E-state index in [2.05, 4.69) is 35.6 Å². The number of nitrogens with one attached hydrogen (secondary N) is 5. The molecule has 5 N–H and O–H groups in total. The van der Waals surface area contributed by atoms with Crippen LogP contribution in [-0.4, -0.2) is 51.9 Å². The fourth-order valence-corrected chi connectivity index (χ4v) is 1.71. The standard InChI is InChI=1S/C14H23N5O2S/c1-19(2)8-7-15-14(22)18-17-13(20)10-16-11-5-4-6-12(9-11)21-3/h4-6,9,16H,7-8,10H2,1-3H3,(H,17,20)(H2,15,18,22)/p+1. The minimum absolute atomic E-state index is 0.130. The van der Waals surface area contributed by atoms with Gasteiger partial charge in [0.25, 0.3) is 5.91 Å². The predicted octanol–water partition coefficient (Wildman–Crippen LogP) is -1.25. The molecule has 1 aromatic carbocycles. The third kappa shape index (κ3) is 7.65. The van der Waals surface area contributed by atoms with E-state index in [0.29, 0.717) is 5.11 Å². The molecular weight excluding hydrogens is 302 g/mol. The largest absolute Gasteiger partial charge is 0.497 e. The highest BCUT2D eigenvalue weighted by molar-refractivity contribution is 7.80. The first-order valence-electron chi connectivity index (χ1n) is 7.01. The second-order valence-corrected chi connectivity index (χ2v) is 5.38. The second kappa shape index (κ2) is 9.80. The topological polar surface area (TPSA) is 78.9 Å². The lowest BCUT2D eigenvalue weighted by Crippen LogP contribution is -3.06. The summed E-state index contributed by atoms with van der Waals surface area (Å²) < 4.78 is 5.11. The van der Waals surface area contributed by atoms with Crippen LogP contribution >= 0.6 is 12.2 Å². The van der Waals surface area contributed by atoms with Gasteiger partial charge >= 0.3 is 0 Å². The first-order valence-corrected chi connectivity index (χ1v) is 7.41. The Morgan fingerprint density at radius 1 is 1.32 bits per heavy atom. The number of likely N-dealkylation sites (N-methyl/N-ethyl adjacent to an activating group) is 1. The van der Waals surface area contributed by atoms with Crippen molar-refractivity contribution in [3.63, 3.8) is 0 Å². The molecule has 7 nitrogen and oxygen atoms in total. The van der Waals surface area contributed by atoms with Gasteiger partial charge in [0, 0.05) is 11.8 Å². The van der Waals surface area contributed by atoms with Gasteiger partial charge in [0.05, 0.1) is 40.8 Å². The summed E-state index contributed by atoms with van der Waals surface area (Å²) in [5.41, 5.74) is 6.00. The third-order valence-corrected chi connectivity index (χ3v) is 3.00. The number of hydrogen-bond donors (Lipinski definition) is 5. The van der Waals surface area contributed by atoms with Crippen LogP contribution in [-0.2, 0) is 4.79 Å². The summed E-state index contributed by atoms with van der Waals surface area (Å²) in [4.78, 5) is 13.0. The van der Waals surface area contributed by atoms with E-state index in [-0.39, 0.29) is 12.5 Å². The van der Waals surface area contributed by atoms with Gasteiger partial charge in [-0.25, -0.2) is 0 Å². The average Bonchev–Trinajstić information content (AvgIpc) is 2.50. The molecule has 0 aliphatic heterocycles. The molecule has 122 valence electrons. The highest BCUT2D eigenvalue weighted by Crippen LogP contribution is 2.16. The molecule has 1 aromatic rings. The molecule has 1 rings (SSSR count). The summed E-state index contributed by atoms with van der Waals surface area (Å²) in [6.07, 6.45) is 0. The lowest BCUT2D eigenvalue weighted by molar-refractivity contribution is -0.856. The highest BCUT2D eigenvalue weighted by Gasteiger charge is 2.03. The van der Waals surface area contributed by atoms with Crippen LogP contribution in [0, 0.1) is 0 Å². The minimum atomic E-state index is -0.217. The fourth-order valence-electron chi connectivity index (χ4n) is 1.56. The van der Waals surface area contributed by atoms with Crippen molar-refractivity contribution in [2.45, 2.75) is 0 Å². The van der Waals surface area contributed by atoms with Crippen LogP contribution in [0.5, 0.6) is 5.75 Å². The number of amides is 1. The number of benzene rings is 1. The molecule has 0 unspecified atom stereocenters. The molecule has 0 radical (unpaired) electrons. The van der Waals surface area contributed by atoms with Gasteiger partial charge < -0.3 is 20.3 Å². The maximum Gasteiger partial charge on any atom is 0.257 e. The third-order valence-electron chi connectivity index (χ3n) is 2.75. The first kappa shape index (κ1) is 18.0. The van der Waals surface area contributed by atoms with E-state index in [1.54, 1.807) is 7.11 Å². The molecule has 0 heterocycles. The Balaban J connectivity index is 2.21. The molecule has 0 aliphatic rings. The maximum absolute atomic E-state index is 11.7. The highest BCUT2D eigenvalue weighted by atomic mass is 32.1. The van der Waals surface area contributed by atoms with Gasteiger partial charge in [0.1, 0.15) is 5.75 Å².